The Kier molecular flexibility index (Phi) is 2.56. The van der Waals surface area contributed by atoms with Crippen LogP contribution in [0.25, 0.3) is 10.8 Å². The minimum absolute atomic E-state index is 0.498. The molecule has 0 aliphatic carbocycles. The maximum absolute atomic E-state index is 9.62. The molecule has 1 aromatic heterocycles. The van der Waals surface area contributed by atoms with Crippen LogP contribution < -0.4 is 4.74 Å². The second kappa shape index (κ2) is 3.87. The molecule has 2 rings (SSSR count). The smallest absolute Gasteiger partial charge is 0.126 e. The Morgan fingerprint density at radius 1 is 1.27 bits per heavy atom. The largest absolute Gasteiger partial charge is 0.496 e. The number of fused-ring (bicyclic) bond motifs is 1. The van der Waals surface area contributed by atoms with Gasteiger partial charge < -0.3 is 9.84 Å². The second-order valence-electron chi connectivity index (χ2n) is 3.45. The highest BCUT2D eigenvalue weighted by atomic mass is 16.5. The fraction of sp³-hybridized carbons (Fsp3) is 0.250. The molecule has 0 radical (unpaired) electrons. The van der Waals surface area contributed by atoms with E-state index in [4.69, 9.17) is 4.74 Å². The molecule has 3 nitrogen and oxygen atoms in total. The highest BCUT2D eigenvalue weighted by Gasteiger charge is 2.09. The second-order valence-corrected chi connectivity index (χ2v) is 3.45. The van der Waals surface area contributed by atoms with E-state index in [-0.39, 0.29) is 0 Å². The van der Waals surface area contributed by atoms with Crippen molar-refractivity contribution in [2.75, 3.05) is 7.11 Å². The Morgan fingerprint density at radius 3 is 2.73 bits per heavy atom. The SMILES string of the molecule is COc1ccc(C(C)O)c2cnccc12. The van der Waals surface area contributed by atoms with E-state index in [1.165, 1.54) is 0 Å². The van der Waals surface area contributed by atoms with Crippen LogP contribution in [0, 0.1) is 0 Å². The lowest BCUT2D eigenvalue weighted by Crippen LogP contribution is -1.95. The van der Waals surface area contributed by atoms with Crippen molar-refractivity contribution in [1.29, 1.82) is 0 Å². The quantitative estimate of drug-likeness (QED) is 0.814. The van der Waals surface area contributed by atoms with Crippen LogP contribution in [0.4, 0.5) is 0 Å². The van der Waals surface area contributed by atoms with E-state index in [0.717, 1.165) is 22.1 Å². The molecule has 1 heterocycles. The van der Waals surface area contributed by atoms with E-state index in [2.05, 4.69) is 4.98 Å². The first-order chi connectivity index (χ1) is 7.24. The number of pyridine rings is 1. The summed E-state index contributed by atoms with van der Waals surface area (Å²) in [7, 11) is 1.64. The van der Waals surface area contributed by atoms with Crippen LogP contribution >= 0.6 is 0 Å². The molecule has 0 bridgehead atoms. The number of ether oxygens (including phenoxy) is 1. The highest BCUT2D eigenvalue weighted by molar-refractivity contribution is 5.90. The van der Waals surface area contributed by atoms with Crippen LogP contribution in [0.1, 0.15) is 18.6 Å². The van der Waals surface area contributed by atoms with Gasteiger partial charge in [-0.2, -0.15) is 0 Å². The van der Waals surface area contributed by atoms with Crippen LogP contribution in [0.3, 0.4) is 0 Å². The minimum Gasteiger partial charge on any atom is -0.496 e. The summed E-state index contributed by atoms with van der Waals surface area (Å²) in [4.78, 5) is 4.06. The maximum Gasteiger partial charge on any atom is 0.126 e. The van der Waals surface area contributed by atoms with E-state index in [1.54, 1.807) is 26.4 Å². The number of aliphatic hydroxyl groups excluding tert-OH is 1. The van der Waals surface area contributed by atoms with Gasteiger partial charge in [-0.25, -0.2) is 0 Å². The van der Waals surface area contributed by atoms with Gasteiger partial charge in [-0.15, -0.1) is 0 Å². The number of aromatic nitrogens is 1. The van der Waals surface area contributed by atoms with Crippen LogP contribution in [0.5, 0.6) is 5.75 Å². The van der Waals surface area contributed by atoms with Crippen molar-refractivity contribution in [2.24, 2.45) is 0 Å². The molecule has 0 fully saturated rings. The summed E-state index contributed by atoms with van der Waals surface area (Å²) in [5, 5.41) is 11.5. The molecule has 1 atom stereocenters. The summed E-state index contributed by atoms with van der Waals surface area (Å²) in [5.41, 5.74) is 0.874. The highest BCUT2D eigenvalue weighted by Crippen LogP contribution is 2.30. The number of rotatable bonds is 2. The molecule has 0 spiro atoms. The molecular formula is C12H13NO2. The molecule has 78 valence electrons. The van der Waals surface area contributed by atoms with Gasteiger partial charge >= 0.3 is 0 Å². The van der Waals surface area contributed by atoms with Gasteiger partial charge in [0.05, 0.1) is 13.2 Å². The lowest BCUT2D eigenvalue weighted by Gasteiger charge is -2.11. The van der Waals surface area contributed by atoms with Crippen LogP contribution in [-0.4, -0.2) is 17.2 Å². The summed E-state index contributed by atoms with van der Waals surface area (Å²) in [5.74, 6) is 0.803. The molecule has 3 heteroatoms. The normalized spacial score (nSPS) is 12.7. The molecule has 0 saturated heterocycles. The van der Waals surface area contributed by atoms with Crippen molar-refractivity contribution < 1.29 is 9.84 Å². The number of methoxy groups -OCH3 is 1. The van der Waals surface area contributed by atoms with Gasteiger partial charge in [-0.05, 0) is 24.6 Å². The Hall–Kier alpha value is -1.61. The predicted molar refractivity (Wildman–Crippen MR) is 58.9 cm³/mol. The number of nitrogens with zero attached hydrogens (tertiary/aromatic N) is 1. The monoisotopic (exact) mass is 203 g/mol. The first-order valence-corrected chi connectivity index (χ1v) is 4.82. The Balaban J connectivity index is 2.77. The molecule has 0 amide bonds. The van der Waals surface area contributed by atoms with E-state index in [9.17, 15) is 5.11 Å². The predicted octanol–water partition coefficient (Wildman–Crippen LogP) is 2.30. The van der Waals surface area contributed by atoms with Gasteiger partial charge in [0.25, 0.3) is 0 Å². The van der Waals surface area contributed by atoms with Crippen LogP contribution in [0.15, 0.2) is 30.6 Å². The summed E-state index contributed by atoms with van der Waals surface area (Å²) >= 11 is 0. The fourth-order valence-electron chi connectivity index (χ4n) is 1.73. The Morgan fingerprint density at radius 2 is 2.07 bits per heavy atom. The average molecular weight is 203 g/mol. The molecule has 1 N–H and O–H groups in total. The van der Waals surface area contributed by atoms with Crippen molar-refractivity contribution in [1.82, 2.24) is 4.98 Å². The van der Waals surface area contributed by atoms with Gasteiger partial charge in [-0.3, -0.25) is 4.98 Å². The molecular weight excluding hydrogens is 190 g/mol. The lowest BCUT2D eigenvalue weighted by atomic mass is 10.0. The molecule has 0 saturated carbocycles. The van der Waals surface area contributed by atoms with E-state index >= 15 is 0 Å². The lowest BCUT2D eigenvalue weighted by molar-refractivity contribution is 0.201. The van der Waals surface area contributed by atoms with Crippen molar-refractivity contribution in [3.63, 3.8) is 0 Å². The third-order valence-electron chi connectivity index (χ3n) is 2.48. The van der Waals surface area contributed by atoms with E-state index < -0.39 is 6.10 Å². The average Bonchev–Trinajstić information content (AvgIpc) is 2.27. The Labute approximate surface area is 88.3 Å². The first-order valence-electron chi connectivity index (χ1n) is 4.82. The molecule has 1 unspecified atom stereocenters. The first kappa shape index (κ1) is 9.93. The third kappa shape index (κ3) is 1.66. The summed E-state index contributed by atoms with van der Waals surface area (Å²) in [6.07, 6.45) is 2.97. The van der Waals surface area contributed by atoms with E-state index in [1.807, 2.05) is 18.2 Å². The van der Waals surface area contributed by atoms with Gasteiger partial charge in [0, 0.05) is 23.2 Å². The van der Waals surface area contributed by atoms with Crippen LogP contribution in [-0.2, 0) is 0 Å². The van der Waals surface area contributed by atoms with E-state index in [0.29, 0.717) is 0 Å². The standard InChI is InChI=1S/C12H13NO2/c1-8(14)9-3-4-12(15-2)10-5-6-13-7-11(9)10/h3-8,14H,1-2H3. The van der Waals surface area contributed by atoms with Crippen molar-refractivity contribution in [2.45, 2.75) is 13.0 Å². The zero-order valence-corrected chi connectivity index (χ0v) is 8.77. The van der Waals surface area contributed by atoms with Gasteiger partial charge in [-0.1, -0.05) is 6.07 Å². The molecule has 0 aliphatic heterocycles. The van der Waals surface area contributed by atoms with Crippen molar-refractivity contribution >= 4 is 10.8 Å². The Bertz CT molecular complexity index is 480. The van der Waals surface area contributed by atoms with Crippen LogP contribution in [0.2, 0.25) is 0 Å². The summed E-state index contributed by atoms with van der Waals surface area (Å²) < 4.78 is 5.25. The number of hydrogen-bond donors (Lipinski definition) is 1. The summed E-state index contributed by atoms with van der Waals surface area (Å²) in [6, 6.07) is 5.62. The molecule has 2 aromatic rings. The number of hydrogen-bond acceptors (Lipinski definition) is 3. The molecule has 0 aliphatic rings. The maximum atomic E-state index is 9.62. The zero-order chi connectivity index (χ0) is 10.8. The fourth-order valence-corrected chi connectivity index (χ4v) is 1.73. The summed E-state index contributed by atoms with van der Waals surface area (Å²) in [6.45, 7) is 1.74. The number of aliphatic hydroxyl groups is 1. The molecule has 1 aromatic carbocycles. The number of benzene rings is 1. The third-order valence-corrected chi connectivity index (χ3v) is 2.48. The topological polar surface area (TPSA) is 42.4 Å². The zero-order valence-electron chi connectivity index (χ0n) is 8.77. The van der Waals surface area contributed by atoms with Gasteiger partial charge in [0.2, 0.25) is 0 Å². The van der Waals surface area contributed by atoms with Crippen molar-refractivity contribution in [3.8, 4) is 5.75 Å². The minimum atomic E-state index is -0.498. The molecule has 15 heavy (non-hydrogen) atoms. The van der Waals surface area contributed by atoms with Gasteiger partial charge in [0.15, 0.2) is 0 Å². The van der Waals surface area contributed by atoms with Gasteiger partial charge in [0.1, 0.15) is 5.75 Å². The van der Waals surface area contributed by atoms with Crippen molar-refractivity contribution in [3.05, 3.63) is 36.2 Å².